The third-order valence-corrected chi connectivity index (χ3v) is 3.01. The molecular formula is C15H25N3O2. The first kappa shape index (κ1) is 16.5. The maximum Gasteiger partial charge on any atom is 0.319 e. The molecule has 5 heteroatoms. The van der Waals surface area contributed by atoms with E-state index in [0.29, 0.717) is 6.61 Å². The summed E-state index contributed by atoms with van der Waals surface area (Å²) in [7, 11) is 1.63. The summed E-state index contributed by atoms with van der Waals surface area (Å²) >= 11 is 0. The Morgan fingerprint density at radius 1 is 1.45 bits per heavy atom. The molecule has 2 amide bonds. The van der Waals surface area contributed by atoms with E-state index in [1.807, 2.05) is 31.2 Å². The SMILES string of the molecule is CCCC(COC)NC(=O)Nc1cccc(C(C)N)c1. The van der Waals surface area contributed by atoms with Gasteiger partial charge in [0.25, 0.3) is 0 Å². The van der Waals surface area contributed by atoms with Crippen LogP contribution in [0, 0.1) is 0 Å². The van der Waals surface area contributed by atoms with E-state index in [9.17, 15) is 4.79 Å². The summed E-state index contributed by atoms with van der Waals surface area (Å²) in [6, 6.07) is 7.31. The number of hydrogen-bond acceptors (Lipinski definition) is 3. The molecule has 0 aliphatic carbocycles. The maximum atomic E-state index is 11.9. The number of carbonyl (C=O) groups excluding carboxylic acids is 1. The van der Waals surface area contributed by atoms with Crippen molar-refractivity contribution in [3.05, 3.63) is 29.8 Å². The number of nitrogens with one attached hydrogen (secondary N) is 2. The third kappa shape index (κ3) is 5.59. The molecule has 0 saturated heterocycles. The predicted octanol–water partition coefficient (Wildman–Crippen LogP) is 2.64. The largest absolute Gasteiger partial charge is 0.383 e. The van der Waals surface area contributed by atoms with Crippen molar-refractivity contribution in [3.63, 3.8) is 0 Å². The van der Waals surface area contributed by atoms with Crippen molar-refractivity contribution in [1.29, 1.82) is 0 Å². The number of amides is 2. The van der Waals surface area contributed by atoms with Gasteiger partial charge in [-0.25, -0.2) is 4.79 Å². The molecule has 20 heavy (non-hydrogen) atoms. The van der Waals surface area contributed by atoms with Crippen molar-refractivity contribution in [1.82, 2.24) is 5.32 Å². The van der Waals surface area contributed by atoms with Crippen LogP contribution in [0.5, 0.6) is 0 Å². The van der Waals surface area contributed by atoms with Crippen molar-refractivity contribution < 1.29 is 9.53 Å². The number of hydrogen-bond donors (Lipinski definition) is 3. The Morgan fingerprint density at radius 3 is 2.80 bits per heavy atom. The lowest BCUT2D eigenvalue weighted by atomic mass is 10.1. The van der Waals surface area contributed by atoms with Crippen LogP contribution in [-0.4, -0.2) is 25.8 Å². The van der Waals surface area contributed by atoms with Gasteiger partial charge in [0.1, 0.15) is 0 Å². The molecule has 0 radical (unpaired) electrons. The molecule has 1 rings (SSSR count). The van der Waals surface area contributed by atoms with E-state index in [-0.39, 0.29) is 18.1 Å². The highest BCUT2D eigenvalue weighted by atomic mass is 16.5. The lowest BCUT2D eigenvalue weighted by Crippen LogP contribution is -2.40. The Kier molecular flexibility index (Phi) is 7.04. The molecule has 2 atom stereocenters. The number of methoxy groups -OCH3 is 1. The molecule has 1 aromatic rings. The van der Waals surface area contributed by atoms with Crippen molar-refractivity contribution in [2.24, 2.45) is 5.73 Å². The highest BCUT2D eigenvalue weighted by Crippen LogP contribution is 2.15. The highest BCUT2D eigenvalue weighted by molar-refractivity contribution is 5.89. The van der Waals surface area contributed by atoms with Crippen LogP contribution in [0.3, 0.4) is 0 Å². The molecule has 0 aliphatic rings. The summed E-state index contributed by atoms with van der Waals surface area (Å²) in [6.07, 6.45) is 1.88. The standard InChI is InChI=1S/C15H25N3O2/c1-4-6-14(10-20-3)18-15(19)17-13-8-5-7-12(9-13)11(2)16/h5,7-9,11,14H,4,6,10,16H2,1-3H3,(H2,17,18,19). The topological polar surface area (TPSA) is 76.4 Å². The Labute approximate surface area is 120 Å². The van der Waals surface area contributed by atoms with Crippen molar-refractivity contribution >= 4 is 11.7 Å². The third-order valence-electron chi connectivity index (χ3n) is 3.01. The Hall–Kier alpha value is -1.59. The molecule has 5 nitrogen and oxygen atoms in total. The van der Waals surface area contributed by atoms with Gasteiger partial charge in [0.15, 0.2) is 0 Å². The van der Waals surface area contributed by atoms with Crippen LogP contribution in [0.2, 0.25) is 0 Å². The fraction of sp³-hybridized carbons (Fsp3) is 0.533. The maximum absolute atomic E-state index is 11.9. The van der Waals surface area contributed by atoms with Gasteiger partial charge in [-0.15, -0.1) is 0 Å². The second-order valence-electron chi connectivity index (χ2n) is 4.95. The number of carbonyl (C=O) groups is 1. The lowest BCUT2D eigenvalue weighted by molar-refractivity contribution is 0.163. The normalized spacial score (nSPS) is 13.6. The fourth-order valence-electron chi connectivity index (χ4n) is 2.00. The number of ether oxygens (including phenoxy) is 1. The molecule has 0 spiro atoms. The minimum Gasteiger partial charge on any atom is -0.383 e. The van der Waals surface area contributed by atoms with Gasteiger partial charge < -0.3 is 21.1 Å². The molecule has 0 bridgehead atoms. The predicted molar refractivity (Wildman–Crippen MR) is 81.8 cm³/mol. The minimum absolute atomic E-state index is 0.0293. The molecule has 112 valence electrons. The Bertz CT molecular complexity index is 415. The zero-order chi connectivity index (χ0) is 15.0. The first-order valence-corrected chi connectivity index (χ1v) is 6.98. The Morgan fingerprint density at radius 2 is 2.20 bits per heavy atom. The van der Waals surface area contributed by atoms with Crippen molar-refractivity contribution in [2.45, 2.75) is 38.8 Å². The smallest absolute Gasteiger partial charge is 0.319 e. The summed E-state index contributed by atoms with van der Waals surface area (Å²) in [5.74, 6) is 0. The van der Waals surface area contributed by atoms with E-state index in [0.717, 1.165) is 24.1 Å². The molecule has 0 saturated carbocycles. The Balaban J connectivity index is 2.58. The van der Waals surface area contributed by atoms with Crippen LogP contribution in [0.15, 0.2) is 24.3 Å². The van der Waals surface area contributed by atoms with Gasteiger partial charge in [0.05, 0.1) is 12.6 Å². The van der Waals surface area contributed by atoms with Gasteiger partial charge in [-0.05, 0) is 31.0 Å². The monoisotopic (exact) mass is 279 g/mol. The zero-order valence-electron chi connectivity index (χ0n) is 12.5. The fourth-order valence-corrected chi connectivity index (χ4v) is 2.00. The van der Waals surface area contributed by atoms with Gasteiger partial charge in [0, 0.05) is 18.8 Å². The first-order valence-electron chi connectivity index (χ1n) is 6.98. The second kappa shape index (κ2) is 8.55. The number of benzene rings is 1. The van der Waals surface area contributed by atoms with Gasteiger partial charge in [0.2, 0.25) is 0 Å². The van der Waals surface area contributed by atoms with Gasteiger partial charge in [-0.2, -0.15) is 0 Å². The second-order valence-corrected chi connectivity index (χ2v) is 4.95. The van der Waals surface area contributed by atoms with Crippen molar-refractivity contribution in [3.8, 4) is 0 Å². The molecule has 2 unspecified atom stereocenters. The molecule has 4 N–H and O–H groups in total. The summed E-state index contributed by atoms with van der Waals surface area (Å²) in [5, 5.41) is 5.73. The average molecular weight is 279 g/mol. The average Bonchev–Trinajstić information content (AvgIpc) is 2.39. The minimum atomic E-state index is -0.220. The van der Waals surface area contributed by atoms with Crippen LogP contribution in [0.25, 0.3) is 0 Å². The van der Waals surface area contributed by atoms with Crippen LogP contribution in [0.1, 0.15) is 38.3 Å². The number of anilines is 1. The summed E-state index contributed by atoms with van der Waals surface area (Å²) < 4.78 is 5.10. The van der Waals surface area contributed by atoms with E-state index in [1.54, 1.807) is 7.11 Å². The van der Waals surface area contributed by atoms with Crippen LogP contribution >= 0.6 is 0 Å². The van der Waals surface area contributed by atoms with Crippen LogP contribution in [0.4, 0.5) is 10.5 Å². The van der Waals surface area contributed by atoms with Crippen LogP contribution in [-0.2, 0) is 4.74 Å². The zero-order valence-corrected chi connectivity index (χ0v) is 12.5. The van der Waals surface area contributed by atoms with E-state index in [2.05, 4.69) is 17.6 Å². The molecule has 1 aromatic carbocycles. The van der Waals surface area contributed by atoms with Gasteiger partial charge in [-0.1, -0.05) is 25.5 Å². The van der Waals surface area contributed by atoms with Crippen LogP contribution < -0.4 is 16.4 Å². The van der Waals surface area contributed by atoms with E-state index in [4.69, 9.17) is 10.5 Å². The lowest BCUT2D eigenvalue weighted by Gasteiger charge is -2.18. The van der Waals surface area contributed by atoms with Crippen molar-refractivity contribution in [2.75, 3.05) is 19.0 Å². The van der Waals surface area contributed by atoms with Gasteiger partial charge >= 0.3 is 6.03 Å². The van der Waals surface area contributed by atoms with E-state index >= 15 is 0 Å². The first-order chi connectivity index (χ1) is 9.56. The molecule has 0 aliphatic heterocycles. The molecule has 0 fully saturated rings. The van der Waals surface area contributed by atoms with E-state index in [1.165, 1.54) is 0 Å². The summed E-state index contributed by atoms with van der Waals surface area (Å²) in [6.45, 7) is 4.50. The quantitative estimate of drug-likeness (QED) is 0.718. The number of urea groups is 1. The molecular weight excluding hydrogens is 254 g/mol. The van der Waals surface area contributed by atoms with E-state index < -0.39 is 0 Å². The summed E-state index contributed by atoms with van der Waals surface area (Å²) in [5.41, 5.74) is 7.56. The molecule has 0 heterocycles. The molecule has 0 aromatic heterocycles. The number of rotatable bonds is 7. The summed E-state index contributed by atoms with van der Waals surface area (Å²) in [4.78, 5) is 11.9. The van der Waals surface area contributed by atoms with Gasteiger partial charge in [-0.3, -0.25) is 0 Å². The highest BCUT2D eigenvalue weighted by Gasteiger charge is 2.11. The number of nitrogens with two attached hydrogens (primary N) is 1.